The predicted octanol–water partition coefficient (Wildman–Crippen LogP) is 0.411. The summed E-state index contributed by atoms with van der Waals surface area (Å²) in [7, 11) is 0. The monoisotopic (exact) mass is 248 g/mol. The van der Waals surface area contributed by atoms with Crippen LogP contribution in [0.25, 0.3) is 0 Å². The summed E-state index contributed by atoms with van der Waals surface area (Å²) in [5.41, 5.74) is 6.09. The van der Waals surface area contributed by atoms with Crippen LogP contribution in [0.2, 0.25) is 0 Å². The van der Waals surface area contributed by atoms with Gasteiger partial charge in [0, 0.05) is 6.54 Å². The van der Waals surface area contributed by atoms with Gasteiger partial charge in [-0.15, -0.1) is 0 Å². The van der Waals surface area contributed by atoms with Crippen molar-refractivity contribution in [1.29, 1.82) is 0 Å². The van der Waals surface area contributed by atoms with Gasteiger partial charge in [0.2, 0.25) is 11.8 Å². The van der Waals surface area contributed by atoms with Gasteiger partial charge in [-0.3, -0.25) is 9.59 Å². The number of phenolic OH excluding ortho intramolecular Hbond substituents is 1. The lowest BCUT2D eigenvalue weighted by molar-refractivity contribution is -0.136. The Morgan fingerprint density at radius 3 is 2.61 bits per heavy atom. The number of primary amides is 1. The van der Waals surface area contributed by atoms with Crippen LogP contribution in [-0.4, -0.2) is 34.4 Å². The van der Waals surface area contributed by atoms with Crippen LogP contribution >= 0.6 is 0 Å². The lowest BCUT2D eigenvalue weighted by Gasteiger charge is -2.22. The number of carbonyl (C=O) groups is 2. The Hall–Kier alpha value is -2.04. The number of rotatable bonds is 3. The van der Waals surface area contributed by atoms with Crippen LogP contribution in [0.1, 0.15) is 18.4 Å². The molecule has 5 nitrogen and oxygen atoms in total. The number of hydrogen-bond acceptors (Lipinski definition) is 3. The number of benzene rings is 1. The van der Waals surface area contributed by atoms with Gasteiger partial charge in [-0.1, -0.05) is 12.1 Å². The third-order valence-electron chi connectivity index (χ3n) is 3.19. The number of hydrogen-bond donors (Lipinski definition) is 2. The van der Waals surface area contributed by atoms with Gasteiger partial charge in [-0.25, -0.2) is 0 Å². The normalized spacial score (nSPS) is 18.9. The molecule has 1 aromatic rings. The Bertz CT molecular complexity index is 456. The standard InChI is InChI=1S/C13H16N2O3/c14-13(18)11-2-1-7-15(11)12(17)8-9-3-5-10(16)6-4-9/h3-6,11,16H,1-2,7-8H2,(H2,14,18). The molecule has 3 N–H and O–H groups in total. The molecule has 0 saturated carbocycles. The van der Waals surface area contributed by atoms with Crippen molar-refractivity contribution < 1.29 is 14.7 Å². The van der Waals surface area contributed by atoms with E-state index in [1.807, 2.05) is 0 Å². The molecule has 5 heteroatoms. The molecule has 1 aromatic carbocycles. The van der Waals surface area contributed by atoms with Gasteiger partial charge in [0.05, 0.1) is 6.42 Å². The molecule has 2 amide bonds. The molecule has 2 rings (SSSR count). The molecular formula is C13H16N2O3. The minimum Gasteiger partial charge on any atom is -0.508 e. The number of aromatic hydroxyl groups is 1. The molecule has 96 valence electrons. The van der Waals surface area contributed by atoms with Crippen LogP contribution in [0.5, 0.6) is 5.75 Å². The van der Waals surface area contributed by atoms with Crippen molar-refractivity contribution in [3.05, 3.63) is 29.8 Å². The smallest absolute Gasteiger partial charge is 0.240 e. The van der Waals surface area contributed by atoms with Gasteiger partial charge < -0.3 is 15.7 Å². The molecule has 18 heavy (non-hydrogen) atoms. The SMILES string of the molecule is NC(=O)C1CCCN1C(=O)Cc1ccc(O)cc1. The average Bonchev–Trinajstić information content (AvgIpc) is 2.81. The minimum atomic E-state index is -0.463. The fourth-order valence-electron chi connectivity index (χ4n) is 2.25. The Morgan fingerprint density at radius 1 is 1.33 bits per heavy atom. The van der Waals surface area contributed by atoms with E-state index in [0.29, 0.717) is 13.0 Å². The molecule has 0 aliphatic carbocycles. The van der Waals surface area contributed by atoms with E-state index < -0.39 is 11.9 Å². The van der Waals surface area contributed by atoms with Crippen molar-refractivity contribution in [1.82, 2.24) is 4.90 Å². The first-order valence-electron chi connectivity index (χ1n) is 5.94. The highest BCUT2D eigenvalue weighted by molar-refractivity contribution is 5.88. The van der Waals surface area contributed by atoms with E-state index in [2.05, 4.69) is 0 Å². The largest absolute Gasteiger partial charge is 0.508 e. The van der Waals surface area contributed by atoms with Crippen LogP contribution in [0.3, 0.4) is 0 Å². The molecule has 0 aromatic heterocycles. The molecule has 1 fully saturated rings. The van der Waals surface area contributed by atoms with Crippen molar-refractivity contribution in [3.8, 4) is 5.75 Å². The summed E-state index contributed by atoms with van der Waals surface area (Å²) in [6.07, 6.45) is 1.69. The van der Waals surface area contributed by atoms with Gasteiger partial charge in [-0.2, -0.15) is 0 Å². The minimum absolute atomic E-state index is 0.0954. The van der Waals surface area contributed by atoms with E-state index >= 15 is 0 Å². The Morgan fingerprint density at radius 2 is 2.00 bits per heavy atom. The van der Waals surface area contributed by atoms with E-state index in [0.717, 1.165) is 12.0 Å². The van der Waals surface area contributed by atoms with Crippen LogP contribution in [0.15, 0.2) is 24.3 Å². The molecule has 1 aliphatic rings. The molecule has 1 unspecified atom stereocenters. The van der Waals surface area contributed by atoms with E-state index in [4.69, 9.17) is 10.8 Å². The Labute approximate surface area is 105 Å². The van der Waals surface area contributed by atoms with Crippen LogP contribution in [0.4, 0.5) is 0 Å². The van der Waals surface area contributed by atoms with E-state index in [9.17, 15) is 9.59 Å². The zero-order valence-corrected chi connectivity index (χ0v) is 10.0. The summed E-state index contributed by atoms with van der Waals surface area (Å²) in [6, 6.07) is 6.01. The van der Waals surface area contributed by atoms with E-state index in [-0.39, 0.29) is 18.1 Å². The number of nitrogens with two attached hydrogens (primary N) is 1. The summed E-state index contributed by atoms with van der Waals surface area (Å²) in [5, 5.41) is 9.16. The summed E-state index contributed by atoms with van der Waals surface area (Å²) >= 11 is 0. The highest BCUT2D eigenvalue weighted by Crippen LogP contribution is 2.19. The fourth-order valence-corrected chi connectivity index (χ4v) is 2.25. The molecule has 0 radical (unpaired) electrons. The Kier molecular flexibility index (Phi) is 3.50. The predicted molar refractivity (Wildman–Crippen MR) is 65.7 cm³/mol. The second-order valence-electron chi connectivity index (χ2n) is 4.49. The van der Waals surface area contributed by atoms with Crippen molar-refractivity contribution in [2.24, 2.45) is 5.73 Å². The molecule has 0 bridgehead atoms. The Balaban J connectivity index is 2.03. The number of amides is 2. The summed E-state index contributed by atoms with van der Waals surface area (Å²) < 4.78 is 0. The number of carbonyl (C=O) groups excluding carboxylic acids is 2. The maximum absolute atomic E-state index is 12.1. The molecule has 1 saturated heterocycles. The second-order valence-corrected chi connectivity index (χ2v) is 4.49. The molecule has 0 spiro atoms. The van der Waals surface area contributed by atoms with Gasteiger partial charge in [0.1, 0.15) is 11.8 Å². The highest BCUT2D eigenvalue weighted by Gasteiger charge is 2.32. The van der Waals surface area contributed by atoms with Gasteiger partial charge in [0.15, 0.2) is 0 Å². The zero-order chi connectivity index (χ0) is 13.1. The lowest BCUT2D eigenvalue weighted by Crippen LogP contribution is -2.44. The first-order chi connectivity index (χ1) is 8.58. The molecule has 1 atom stereocenters. The first-order valence-corrected chi connectivity index (χ1v) is 5.94. The lowest BCUT2D eigenvalue weighted by atomic mass is 10.1. The van der Waals surface area contributed by atoms with Crippen molar-refractivity contribution in [3.63, 3.8) is 0 Å². The molecule has 1 heterocycles. The maximum Gasteiger partial charge on any atom is 0.240 e. The highest BCUT2D eigenvalue weighted by atomic mass is 16.3. The number of likely N-dealkylation sites (tertiary alicyclic amines) is 1. The average molecular weight is 248 g/mol. The zero-order valence-electron chi connectivity index (χ0n) is 10.0. The topological polar surface area (TPSA) is 83.6 Å². The van der Waals surface area contributed by atoms with E-state index in [1.165, 1.54) is 12.1 Å². The fraction of sp³-hybridized carbons (Fsp3) is 0.385. The number of phenols is 1. The van der Waals surface area contributed by atoms with Gasteiger partial charge in [-0.05, 0) is 30.5 Å². The van der Waals surface area contributed by atoms with Crippen molar-refractivity contribution >= 4 is 11.8 Å². The van der Waals surface area contributed by atoms with Crippen LogP contribution < -0.4 is 5.73 Å². The summed E-state index contributed by atoms with van der Waals surface area (Å²) in [5.74, 6) is -0.365. The van der Waals surface area contributed by atoms with Crippen molar-refractivity contribution in [2.45, 2.75) is 25.3 Å². The second kappa shape index (κ2) is 5.08. The molecular weight excluding hydrogens is 232 g/mol. The third kappa shape index (κ3) is 2.61. The van der Waals surface area contributed by atoms with E-state index in [1.54, 1.807) is 17.0 Å². The van der Waals surface area contributed by atoms with Crippen LogP contribution in [0, 0.1) is 0 Å². The summed E-state index contributed by atoms with van der Waals surface area (Å²) in [4.78, 5) is 24.8. The van der Waals surface area contributed by atoms with Gasteiger partial charge >= 0.3 is 0 Å². The van der Waals surface area contributed by atoms with Crippen molar-refractivity contribution in [2.75, 3.05) is 6.54 Å². The molecule has 1 aliphatic heterocycles. The maximum atomic E-state index is 12.1. The third-order valence-corrected chi connectivity index (χ3v) is 3.19. The van der Waals surface area contributed by atoms with Crippen LogP contribution in [-0.2, 0) is 16.0 Å². The number of nitrogens with zero attached hydrogens (tertiary/aromatic N) is 1. The van der Waals surface area contributed by atoms with Gasteiger partial charge in [0.25, 0.3) is 0 Å². The summed E-state index contributed by atoms with van der Waals surface area (Å²) in [6.45, 7) is 0.588. The quantitative estimate of drug-likeness (QED) is 0.812. The first kappa shape index (κ1) is 12.4.